The van der Waals surface area contributed by atoms with Gasteiger partial charge in [0.1, 0.15) is 5.82 Å². The van der Waals surface area contributed by atoms with Gasteiger partial charge in [0.15, 0.2) is 5.82 Å². The van der Waals surface area contributed by atoms with Crippen molar-refractivity contribution in [1.29, 1.82) is 0 Å². The average molecular weight is 332 g/mol. The molecule has 0 radical (unpaired) electrons. The van der Waals surface area contributed by atoms with Crippen molar-refractivity contribution in [3.8, 4) is 0 Å². The van der Waals surface area contributed by atoms with Gasteiger partial charge >= 0.3 is 5.97 Å². The molecule has 7 heteroatoms. The Labute approximate surface area is 129 Å². The molecule has 0 aromatic heterocycles. The molecule has 2 rings (SSSR count). The molecule has 3 nitrogen and oxygen atoms in total. The summed E-state index contributed by atoms with van der Waals surface area (Å²) < 4.78 is 26.8. The normalized spacial score (nSPS) is 10.5. The standard InChI is InChI=1S/C14H9Cl2F2NO2/c15-10-4-8(5-11(16)13(10)18)19-6-7-1-2-9(14(20)21)12(17)3-7/h1-5,19H,6H2,(H,20,21). The average Bonchev–Trinajstić information content (AvgIpc) is 2.42. The SMILES string of the molecule is O=C(O)c1ccc(CNc2cc(Cl)c(F)c(Cl)c2)cc1F. The number of nitrogens with one attached hydrogen (secondary N) is 1. The lowest BCUT2D eigenvalue weighted by Gasteiger charge is -2.09. The summed E-state index contributed by atoms with van der Waals surface area (Å²) in [5, 5.41) is 11.4. The van der Waals surface area contributed by atoms with Crippen LogP contribution >= 0.6 is 23.2 Å². The van der Waals surface area contributed by atoms with Gasteiger partial charge in [0.05, 0.1) is 15.6 Å². The molecule has 0 fully saturated rings. The molecule has 0 bridgehead atoms. The second-order valence-electron chi connectivity index (χ2n) is 4.23. The van der Waals surface area contributed by atoms with Gasteiger partial charge in [-0.15, -0.1) is 0 Å². The molecule has 0 saturated carbocycles. The summed E-state index contributed by atoms with van der Waals surface area (Å²) in [5.74, 6) is -2.86. The molecular formula is C14H9Cl2F2NO2. The lowest BCUT2D eigenvalue weighted by Crippen LogP contribution is -2.04. The lowest BCUT2D eigenvalue weighted by molar-refractivity contribution is 0.0692. The fourth-order valence-electron chi connectivity index (χ4n) is 1.70. The van der Waals surface area contributed by atoms with E-state index in [0.29, 0.717) is 11.3 Å². The van der Waals surface area contributed by atoms with Crippen molar-refractivity contribution in [3.63, 3.8) is 0 Å². The first-order valence-corrected chi connectivity index (χ1v) is 6.54. The van der Waals surface area contributed by atoms with Crippen molar-refractivity contribution in [2.45, 2.75) is 6.54 Å². The molecule has 0 aliphatic carbocycles. The van der Waals surface area contributed by atoms with Crippen LogP contribution in [0.4, 0.5) is 14.5 Å². The smallest absolute Gasteiger partial charge is 0.338 e. The highest BCUT2D eigenvalue weighted by atomic mass is 35.5. The summed E-state index contributed by atoms with van der Waals surface area (Å²) in [5.41, 5.74) is 0.592. The number of carbonyl (C=O) groups is 1. The zero-order valence-electron chi connectivity index (χ0n) is 10.5. The number of rotatable bonds is 4. The highest BCUT2D eigenvalue weighted by Gasteiger charge is 2.11. The van der Waals surface area contributed by atoms with Crippen molar-refractivity contribution in [1.82, 2.24) is 0 Å². The Bertz CT molecular complexity index is 684. The summed E-state index contributed by atoms with van der Waals surface area (Å²) in [4.78, 5) is 10.7. The number of hydrogen-bond donors (Lipinski definition) is 2. The first kappa shape index (κ1) is 15.5. The largest absolute Gasteiger partial charge is 0.478 e. The Morgan fingerprint density at radius 3 is 2.29 bits per heavy atom. The molecule has 0 heterocycles. The Kier molecular flexibility index (Phi) is 4.65. The highest BCUT2D eigenvalue weighted by molar-refractivity contribution is 6.35. The van der Waals surface area contributed by atoms with Crippen LogP contribution in [0.3, 0.4) is 0 Å². The molecule has 0 spiro atoms. The monoisotopic (exact) mass is 331 g/mol. The number of carboxylic acids is 1. The maximum atomic E-state index is 13.5. The van der Waals surface area contributed by atoms with Gasteiger partial charge in [-0.25, -0.2) is 13.6 Å². The maximum absolute atomic E-state index is 13.5. The third kappa shape index (κ3) is 3.62. The molecule has 2 aromatic carbocycles. The molecule has 2 aromatic rings. The zero-order valence-corrected chi connectivity index (χ0v) is 12.0. The summed E-state index contributed by atoms with van der Waals surface area (Å²) in [6.07, 6.45) is 0. The van der Waals surface area contributed by atoms with Crippen molar-refractivity contribution < 1.29 is 18.7 Å². The number of benzene rings is 2. The minimum absolute atomic E-state index is 0.127. The fraction of sp³-hybridized carbons (Fsp3) is 0.0714. The topological polar surface area (TPSA) is 49.3 Å². The van der Waals surface area contributed by atoms with E-state index in [4.69, 9.17) is 28.3 Å². The molecule has 0 aliphatic rings. The van der Waals surface area contributed by atoms with Gasteiger partial charge < -0.3 is 10.4 Å². The van der Waals surface area contributed by atoms with E-state index < -0.39 is 23.2 Å². The van der Waals surface area contributed by atoms with E-state index in [2.05, 4.69) is 5.32 Å². The van der Waals surface area contributed by atoms with Crippen LogP contribution in [-0.2, 0) is 6.54 Å². The second kappa shape index (κ2) is 6.28. The van der Waals surface area contributed by atoms with Crippen molar-refractivity contribution in [3.05, 3.63) is 63.1 Å². The lowest BCUT2D eigenvalue weighted by atomic mass is 10.1. The summed E-state index contributed by atoms with van der Waals surface area (Å²) >= 11 is 11.3. The van der Waals surface area contributed by atoms with Gasteiger partial charge in [0.25, 0.3) is 0 Å². The highest BCUT2D eigenvalue weighted by Crippen LogP contribution is 2.27. The fourth-order valence-corrected chi connectivity index (χ4v) is 2.19. The first-order valence-electron chi connectivity index (χ1n) is 5.78. The number of aromatic carboxylic acids is 1. The van der Waals surface area contributed by atoms with E-state index in [-0.39, 0.29) is 16.6 Å². The van der Waals surface area contributed by atoms with Crippen molar-refractivity contribution >= 4 is 34.9 Å². The Morgan fingerprint density at radius 1 is 1.14 bits per heavy atom. The minimum atomic E-state index is -1.33. The van der Waals surface area contributed by atoms with Crippen molar-refractivity contribution in [2.75, 3.05) is 5.32 Å². The molecule has 110 valence electrons. The molecule has 0 unspecified atom stereocenters. The molecule has 0 aliphatic heterocycles. The number of hydrogen-bond acceptors (Lipinski definition) is 2. The van der Waals surface area contributed by atoms with E-state index in [1.165, 1.54) is 24.3 Å². The van der Waals surface area contributed by atoms with Crippen LogP contribution < -0.4 is 5.32 Å². The third-order valence-corrected chi connectivity index (χ3v) is 3.29. The van der Waals surface area contributed by atoms with E-state index in [9.17, 15) is 13.6 Å². The van der Waals surface area contributed by atoms with Gasteiger partial charge in [-0.2, -0.15) is 0 Å². The van der Waals surface area contributed by atoms with Gasteiger partial charge in [0, 0.05) is 12.2 Å². The number of anilines is 1. The third-order valence-electron chi connectivity index (χ3n) is 2.74. The van der Waals surface area contributed by atoms with E-state index in [0.717, 1.165) is 6.07 Å². The van der Waals surface area contributed by atoms with E-state index >= 15 is 0 Å². The molecular weight excluding hydrogens is 323 g/mol. The molecule has 2 N–H and O–H groups in total. The van der Waals surface area contributed by atoms with Gasteiger partial charge in [-0.05, 0) is 29.8 Å². The summed E-state index contributed by atoms with van der Waals surface area (Å²) in [6.45, 7) is 0.203. The van der Waals surface area contributed by atoms with Crippen LogP contribution in [0.5, 0.6) is 0 Å². The quantitative estimate of drug-likeness (QED) is 0.806. The van der Waals surface area contributed by atoms with Gasteiger partial charge in [-0.1, -0.05) is 29.3 Å². The van der Waals surface area contributed by atoms with Crippen LogP contribution in [0.1, 0.15) is 15.9 Å². The first-order chi connectivity index (χ1) is 9.88. The van der Waals surface area contributed by atoms with Gasteiger partial charge in [-0.3, -0.25) is 0 Å². The van der Waals surface area contributed by atoms with E-state index in [1.54, 1.807) is 0 Å². The molecule has 21 heavy (non-hydrogen) atoms. The molecule has 0 amide bonds. The van der Waals surface area contributed by atoms with Crippen molar-refractivity contribution in [2.24, 2.45) is 0 Å². The van der Waals surface area contributed by atoms with Crippen LogP contribution in [0.25, 0.3) is 0 Å². The van der Waals surface area contributed by atoms with Crippen LogP contribution in [-0.4, -0.2) is 11.1 Å². The maximum Gasteiger partial charge on any atom is 0.338 e. The molecule has 0 saturated heterocycles. The number of halogens is 4. The van der Waals surface area contributed by atoms with Gasteiger partial charge in [0.2, 0.25) is 0 Å². The zero-order chi connectivity index (χ0) is 15.6. The predicted molar refractivity (Wildman–Crippen MR) is 77.1 cm³/mol. The van der Waals surface area contributed by atoms with Crippen LogP contribution in [0.2, 0.25) is 10.0 Å². The van der Waals surface area contributed by atoms with Crippen LogP contribution in [0, 0.1) is 11.6 Å². The number of carboxylic acid groups (broad SMARTS) is 1. The van der Waals surface area contributed by atoms with Crippen LogP contribution in [0.15, 0.2) is 30.3 Å². The Balaban J connectivity index is 2.13. The Hall–Kier alpha value is -1.85. The summed E-state index contributed by atoms with van der Waals surface area (Å²) in [6, 6.07) is 6.48. The summed E-state index contributed by atoms with van der Waals surface area (Å²) in [7, 11) is 0. The molecule has 0 atom stereocenters. The predicted octanol–water partition coefficient (Wildman–Crippen LogP) is 4.58. The second-order valence-corrected chi connectivity index (χ2v) is 5.04. The van der Waals surface area contributed by atoms with E-state index in [1.807, 2.05) is 0 Å². The Morgan fingerprint density at radius 2 is 1.76 bits per heavy atom. The minimum Gasteiger partial charge on any atom is -0.478 e.